The summed E-state index contributed by atoms with van der Waals surface area (Å²) in [5.41, 5.74) is 1.21. The molecule has 1 heterocycles. The van der Waals surface area contributed by atoms with Crippen LogP contribution in [0.25, 0.3) is 0 Å². The van der Waals surface area contributed by atoms with Gasteiger partial charge >= 0.3 is 0 Å². The van der Waals surface area contributed by atoms with E-state index in [0.717, 1.165) is 12.1 Å². The largest absolute Gasteiger partial charge is 0.353 e. The molecule has 0 aromatic heterocycles. The van der Waals surface area contributed by atoms with Gasteiger partial charge in [-0.15, -0.1) is 0 Å². The normalized spacial score (nSPS) is 27.1. The van der Waals surface area contributed by atoms with E-state index >= 15 is 0 Å². The van der Waals surface area contributed by atoms with Crippen LogP contribution in [-0.4, -0.2) is 18.0 Å². The quantitative estimate of drug-likeness (QED) is 0.772. The summed E-state index contributed by atoms with van der Waals surface area (Å²) < 4.78 is 0. The molecular formula is C14H18N2O. The first-order valence-corrected chi connectivity index (χ1v) is 6.40. The minimum absolute atomic E-state index is 0.105. The lowest BCUT2D eigenvalue weighted by molar-refractivity contribution is -0.126. The molecule has 90 valence electrons. The fourth-order valence-corrected chi connectivity index (χ4v) is 3.03. The maximum absolute atomic E-state index is 12.0. The lowest BCUT2D eigenvalue weighted by Crippen LogP contribution is -2.61. The molecule has 1 unspecified atom stereocenters. The average molecular weight is 230 g/mol. The van der Waals surface area contributed by atoms with Crippen LogP contribution in [0.5, 0.6) is 0 Å². The van der Waals surface area contributed by atoms with Crippen LogP contribution in [0, 0.1) is 0 Å². The van der Waals surface area contributed by atoms with Gasteiger partial charge in [0.1, 0.15) is 6.04 Å². The number of amides is 1. The van der Waals surface area contributed by atoms with E-state index in [2.05, 4.69) is 10.6 Å². The fraction of sp³-hybridized carbons (Fsp3) is 0.500. The number of hydrogen-bond acceptors (Lipinski definition) is 2. The van der Waals surface area contributed by atoms with Crippen LogP contribution in [0.1, 0.15) is 37.3 Å². The Labute approximate surface area is 102 Å². The van der Waals surface area contributed by atoms with Crippen molar-refractivity contribution in [1.82, 2.24) is 10.6 Å². The smallest absolute Gasteiger partial charge is 0.241 e. The summed E-state index contributed by atoms with van der Waals surface area (Å²) in [7, 11) is 0. The third-order valence-corrected chi connectivity index (χ3v) is 4.01. The fourth-order valence-electron chi connectivity index (χ4n) is 3.03. The van der Waals surface area contributed by atoms with E-state index in [1.807, 2.05) is 30.3 Å². The zero-order valence-electron chi connectivity index (χ0n) is 9.91. The molecule has 17 heavy (non-hydrogen) atoms. The Morgan fingerprint density at radius 2 is 1.82 bits per heavy atom. The summed E-state index contributed by atoms with van der Waals surface area (Å²) in [5.74, 6) is 0.105. The molecule has 1 saturated heterocycles. The molecule has 2 fully saturated rings. The molecule has 3 nitrogen and oxygen atoms in total. The van der Waals surface area contributed by atoms with Gasteiger partial charge < -0.3 is 5.32 Å². The van der Waals surface area contributed by atoms with Gasteiger partial charge in [0.05, 0.1) is 0 Å². The predicted octanol–water partition coefficient (Wildman–Crippen LogP) is 1.76. The SMILES string of the molecule is O=C1NCC2(CCCC2)NC1c1ccccc1. The van der Waals surface area contributed by atoms with Gasteiger partial charge in [0.15, 0.2) is 0 Å². The van der Waals surface area contributed by atoms with E-state index in [0.29, 0.717) is 0 Å². The van der Waals surface area contributed by atoms with Crippen LogP contribution in [0.4, 0.5) is 0 Å². The second kappa shape index (κ2) is 4.15. The lowest BCUT2D eigenvalue weighted by atomic mass is 9.91. The van der Waals surface area contributed by atoms with Crippen molar-refractivity contribution in [2.45, 2.75) is 37.3 Å². The van der Waals surface area contributed by atoms with Gasteiger partial charge in [-0.1, -0.05) is 43.2 Å². The minimum Gasteiger partial charge on any atom is -0.353 e. The minimum atomic E-state index is -0.178. The average Bonchev–Trinajstić information content (AvgIpc) is 2.82. The van der Waals surface area contributed by atoms with E-state index in [-0.39, 0.29) is 17.5 Å². The van der Waals surface area contributed by atoms with Crippen LogP contribution in [0.3, 0.4) is 0 Å². The molecular weight excluding hydrogens is 212 g/mol. The third-order valence-electron chi connectivity index (χ3n) is 4.01. The van der Waals surface area contributed by atoms with Gasteiger partial charge in [-0.25, -0.2) is 0 Å². The highest BCUT2D eigenvalue weighted by Gasteiger charge is 2.41. The number of piperazine rings is 1. The van der Waals surface area contributed by atoms with Crippen LogP contribution >= 0.6 is 0 Å². The van der Waals surface area contributed by atoms with Crippen molar-refractivity contribution in [3.05, 3.63) is 35.9 Å². The van der Waals surface area contributed by atoms with Crippen LogP contribution in [-0.2, 0) is 4.79 Å². The van der Waals surface area contributed by atoms with Gasteiger partial charge in [0, 0.05) is 12.1 Å². The monoisotopic (exact) mass is 230 g/mol. The number of rotatable bonds is 1. The summed E-state index contributed by atoms with van der Waals surface area (Å²) in [6, 6.07) is 9.81. The van der Waals surface area contributed by atoms with Crippen LogP contribution < -0.4 is 10.6 Å². The number of carbonyl (C=O) groups is 1. The van der Waals surface area contributed by atoms with Gasteiger partial charge in [-0.3, -0.25) is 10.1 Å². The Bertz CT molecular complexity index is 409. The van der Waals surface area contributed by atoms with E-state index in [1.165, 1.54) is 25.7 Å². The Kier molecular flexibility index (Phi) is 2.63. The van der Waals surface area contributed by atoms with Crippen LogP contribution in [0.2, 0.25) is 0 Å². The predicted molar refractivity (Wildman–Crippen MR) is 66.5 cm³/mol. The first kappa shape index (κ1) is 10.8. The second-order valence-corrected chi connectivity index (χ2v) is 5.19. The highest BCUT2D eigenvalue weighted by molar-refractivity contribution is 5.84. The van der Waals surface area contributed by atoms with E-state index in [4.69, 9.17) is 0 Å². The highest BCUT2D eigenvalue weighted by Crippen LogP contribution is 2.33. The Morgan fingerprint density at radius 3 is 2.53 bits per heavy atom. The summed E-state index contributed by atoms with van der Waals surface area (Å²) in [6.45, 7) is 0.787. The molecule has 0 radical (unpaired) electrons. The van der Waals surface area contributed by atoms with E-state index in [9.17, 15) is 4.79 Å². The Hall–Kier alpha value is -1.35. The maximum Gasteiger partial charge on any atom is 0.241 e. The summed E-state index contributed by atoms with van der Waals surface area (Å²) in [6.07, 6.45) is 4.89. The topological polar surface area (TPSA) is 41.1 Å². The Balaban J connectivity index is 1.85. The standard InChI is InChI=1S/C14H18N2O/c17-13-12(11-6-2-1-3-7-11)16-14(10-15-13)8-4-5-9-14/h1-3,6-7,12,16H,4-5,8-10H2,(H,15,17). The lowest BCUT2D eigenvalue weighted by Gasteiger charge is -2.39. The molecule has 2 aliphatic rings. The third kappa shape index (κ3) is 1.95. The maximum atomic E-state index is 12.0. The summed E-state index contributed by atoms with van der Waals surface area (Å²) in [4.78, 5) is 12.0. The molecule has 1 aliphatic carbocycles. The molecule has 0 bridgehead atoms. The molecule has 1 saturated carbocycles. The molecule has 1 atom stereocenters. The zero-order valence-corrected chi connectivity index (χ0v) is 9.91. The number of nitrogens with one attached hydrogen (secondary N) is 2. The van der Waals surface area contributed by atoms with Crippen molar-refractivity contribution >= 4 is 5.91 Å². The van der Waals surface area contributed by atoms with Gasteiger partial charge in [0.2, 0.25) is 5.91 Å². The van der Waals surface area contributed by atoms with E-state index in [1.54, 1.807) is 0 Å². The molecule has 1 aromatic carbocycles. The molecule has 3 heteroatoms. The number of carbonyl (C=O) groups excluding carboxylic acids is 1. The van der Waals surface area contributed by atoms with Crippen molar-refractivity contribution in [2.24, 2.45) is 0 Å². The van der Waals surface area contributed by atoms with Crippen molar-refractivity contribution in [2.75, 3.05) is 6.54 Å². The number of benzene rings is 1. The molecule has 1 aliphatic heterocycles. The van der Waals surface area contributed by atoms with Gasteiger partial charge in [0.25, 0.3) is 0 Å². The first-order valence-electron chi connectivity index (χ1n) is 6.40. The van der Waals surface area contributed by atoms with Crippen molar-refractivity contribution < 1.29 is 4.79 Å². The zero-order chi connectivity index (χ0) is 11.7. The number of hydrogen-bond donors (Lipinski definition) is 2. The molecule has 1 amide bonds. The molecule has 3 rings (SSSR count). The Morgan fingerprint density at radius 1 is 1.12 bits per heavy atom. The van der Waals surface area contributed by atoms with Crippen LogP contribution in [0.15, 0.2) is 30.3 Å². The summed E-state index contributed by atoms with van der Waals surface area (Å²) in [5, 5.41) is 6.64. The van der Waals surface area contributed by atoms with Gasteiger partial charge in [-0.05, 0) is 18.4 Å². The second-order valence-electron chi connectivity index (χ2n) is 5.19. The van der Waals surface area contributed by atoms with Gasteiger partial charge in [-0.2, -0.15) is 0 Å². The molecule has 1 aromatic rings. The van der Waals surface area contributed by atoms with Crippen molar-refractivity contribution in [3.63, 3.8) is 0 Å². The van der Waals surface area contributed by atoms with Crippen molar-refractivity contribution in [1.29, 1.82) is 0 Å². The highest BCUT2D eigenvalue weighted by atomic mass is 16.2. The summed E-state index contributed by atoms with van der Waals surface area (Å²) >= 11 is 0. The van der Waals surface area contributed by atoms with E-state index < -0.39 is 0 Å². The molecule has 2 N–H and O–H groups in total. The first-order chi connectivity index (χ1) is 8.29. The van der Waals surface area contributed by atoms with Crippen molar-refractivity contribution in [3.8, 4) is 0 Å². The molecule has 1 spiro atoms.